The van der Waals surface area contributed by atoms with Crippen LogP contribution in [0.15, 0.2) is 24.3 Å². The zero-order chi connectivity index (χ0) is 15.0. The summed E-state index contributed by atoms with van der Waals surface area (Å²) in [6.07, 6.45) is 2.44. The van der Waals surface area contributed by atoms with E-state index < -0.39 is 0 Å². The van der Waals surface area contributed by atoms with Crippen molar-refractivity contribution in [1.29, 1.82) is 0 Å². The molecule has 0 atom stereocenters. The van der Waals surface area contributed by atoms with Gasteiger partial charge in [0.15, 0.2) is 0 Å². The number of hydrogen-bond acceptors (Lipinski definition) is 2. The molecule has 2 nitrogen and oxygen atoms in total. The van der Waals surface area contributed by atoms with Crippen molar-refractivity contribution >= 4 is 5.69 Å². The van der Waals surface area contributed by atoms with Gasteiger partial charge in [-0.2, -0.15) is 0 Å². The minimum absolute atomic E-state index is 0.372. The number of nitrogens with one attached hydrogen (secondary N) is 1. The summed E-state index contributed by atoms with van der Waals surface area (Å²) in [5, 5.41) is 3.55. The van der Waals surface area contributed by atoms with Crippen molar-refractivity contribution in [3.05, 3.63) is 29.8 Å². The summed E-state index contributed by atoms with van der Waals surface area (Å²) in [4.78, 5) is 2.52. The molecule has 1 aromatic carbocycles. The van der Waals surface area contributed by atoms with Crippen LogP contribution in [-0.2, 0) is 0 Å². The van der Waals surface area contributed by atoms with Gasteiger partial charge in [0.1, 0.15) is 0 Å². The maximum atomic E-state index is 3.55. The van der Waals surface area contributed by atoms with E-state index in [0.29, 0.717) is 5.41 Å². The van der Waals surface area contributed by atoms with Crippen LogP contribution < -0.4 is 10.2 Å². The molecular weight excluding hydrogens is 244 g/mol. The third-order valence-electron chi connectivity index (χ3n) is 4.56. The van der Waals surface area contributed by atoms with Crippen LogP contribution in [0.2, 0.25) is 0 Å². The second-order valence-electron chi connectivity index (χ2n) is 5.84. The quantitative estimate of drug-likeness (QED) is 0.726. The largest absolute Gasteiger partial charge is 0.371 e. The van der Waals surface area contributed by atoms with Crippen LogP contribution in [-0.4, -0.2) is 26.2 Å². The SMILES string of the molecule is CCNCC(CC)(CC)CN(CC)c1ccc(C)cc1. The first-order valence-corrected chi connectivity index (χ1v) is 8.13. The van der Waals surface area contributed by atoms with Crippen molar-refractivity contribution in [2.75, 3.05) is 31.1 Å². The van der Waals surface area contributed by atoms with E-state index in [2.05, 4.69) is 69.1 Å². The van der Waals surface area contributed by atoms with Crippen molar-refractivity contribution in [3.63, 3.8) is 0 Å². The molecule has 2 heteroatoms. The minimum atomic E-state index is 0.372. The molecule has 1 rings (SSSR count). The molecular formula is C18H32N2. The van der Waals surface area contributed by atoms with Gasteiger partial charge in [0.05, 0.1) is 0 Å². The lowest BCUT2D eigenvalue weighted by Gasteiger charge is -2.38. The number of rotatable bonds is 9. The highest BCUT2D eigenvalue weighted by atomic mass is 15.1. The van der Waals surface area contributed by atoms with E-state index in [1.54, 1.807) is 0 Å². The molecule has 0 saturated heterocycles. The first-order valence-electron chi connectivity index (χ1n) is 8.13. The molecule has 20 heavy (non-hydrogen) atoms. The third kappa shape index (κ3) is 4.52. The van der Waals surface area contributed by atoms with E-state index in [0.717, 1.165) is 26.2 Å². The summed E-state index contributed by atoms with van der Waals surface area (Å²) in [5.74, 6) is 0. The van der Waals surface area contributed by atoms with Crippen LogP contribution in [0, 0.1) is 12.3 Å². The van der Waals surface area contributed by atoms with E-state index in [1.807, 2.05) is 0 Å². The normalized spacial score (nSPS) is 11.7. The van der Waals surface area contributed by atoms with Gasteiger partial charge in [-0.05, 0) is 50.8 Å². The number of nitrogens with zero attached hydrogens (tertiary/aromatic N) is 1. The van der Waals surface area contributed by atoms with Gasteiger partial charge in [-0.15, -0.1) is 0 Å². The monoisotopic (exact) mass is 276 g/mol. The average Bonchev–Trinajstić information content (AvgIpc) is 2.49. The second-order valence-corrected chi connectivity index (χ2v) is 5.84. The van der Waals surface area contributed by atoms with Crippen molar-refractivity contribution in [2.45, 2.75) is 47.5 Å². The molecule has 0 heterocycles. The van der Waals surface area contributed by atoms with Crippen LogP contribution in [0.25, 0.3) is 0 Å². The summed E-state index contributed by atoms with van der Waals surface area (Å²) < 4.78 is 0. The molecule has 0 aliphatic carbocycles. The highest BCUT2D eigenvalue weighted by Crippen LogP contribution is 2.29. The van der Waals surface area contributed by atoms with Gasteiger partial charge in [-0.25, -0.2) is 0 Å². The standard InChI is InChI=1S/C18H32N2/c1-6-18(7-2,14-19-8-3)15-20(9-4)17-12-10-16(5)11-13-17/h10-13,19H,6-9,14-15H2,1-5H3. The first-order chi connectivity index (χ1) is 9.60. The highest BCUT2D eigenvalue weighted by Gasteiger charge is 2.28. The van der Waals surface area contributed by atoms with E-state index in [4.69, 9.17) is 0 Å². The van der Waals surface area contributed by atoms with E-state index in [-0.39, 0.29) is 0 Å². The molecule has 1 aromatic rings. The molecule has 0 amide bonds. The Kier molecular flexibility index (Phi) is 7.08. The Morgan fingerprint density at radius 1 is 1.00 bits per heavy atom. The van der Waals surface area contributed by atoms with Crippen LogP contribution in [0.5, 0.6) is 0 Å². The number of hydrogen-bond donors (Lipinski definition) is 1. The Morgan fingerprint density at radius 2 is 1.60 bits per heavy atom. The third-order valence-corrected chi connectivity index (χ3v) is 4.56. The van der Waals surface area contributed by atoms with E-state index in [9.17, 15) is 0 Å². The molecule has 0 aliphatic rings. The van der Waals surface area contributed by atoms with Gasteiger partial charge >= 0.3 is 0 Å². The van der Waals surface area contributed by atoms with Crippen LogP contribution in [0.3, 0.4) is 0 Å². The van der Waals surface area contributed by atoms with E-state index >= 15 is 0 Å². The highest BCUT2D eigenvalue weighted by molar-refractivity contribution is 5.47. The van der Waals surface area contributed by atoms with Crippen molar-refractivity contribution in [3.8, 4) is 0 Å². The molecule has 114 valence electrons. The molecule has 1 N–H and O–H groups in total. The van der Waals surface area contributed by atoms with Gasteiger partial charge in [0, 0.05) is 25.3 Å². The average molecular weight is 276 g/mol. The summed E-state index contributed by atoms with van der Waals surface area (Å²) in [6, 6.07) is 8.92. The summed E-state index contributed by atoms with van der Waals surface area (Å²) in [7, 11) is 0. The lowest BCUT2D eigenvalue weighted by Crippen LogP contribution is -2.43. The number of benzene rings is 1. The zero-order valence-electron chi connectivity index (χ0n) is 14.0. The molecule has 0 aromatic heterocycles. The molecule has 0 fully saturated rings. The molecule has 0 bridgehead atoms. The lowest BCUT2D eigenvalue weighted by molar-refractivity contribution is 0.255. The van der Waals surface area contributed by atoms with Gasteiger partial charge in [0.2, 0.25) is 0 Å². The first kappa shape index (κ1) is 17.0. The Labute approximate surface area is 125 Å². The lowest BCUT2D eigenvalue weighted by atomic mass is 9.81. The fourth-order valence-electron chi connectivity index (χ4n) is 2.72. The zero-order valence-corrected chi connectivity index (χ0v) is 14.0. The molecule has 0 radical (unpaired) electrons. The van der Waals surface area contributed by atoms with Crippen molar-refractivity contribution in [2.24, 2.45) is 5.41 Å². The van der Waals surface area contributed by atoms with Crippen molar-refractivity contribution in [1.82, 2.24) is 5.32 Å². The predicted octanol–water partition coefficient (Wildman–Crippen LogP) is 4.24. The molecule has 0 spiro atoms. The molecule has 0 saturated carbocycles. The number of aryl methyl sites for hydroxylation is 1. The van der Waals surface area contributed by atoms with Gasteiger partial charge < -0.3 is 10.2 Å². The number of anilines is 1. The summed E-state index contributed by atoms with van der Waals surface area (Å²) in [6.45, 7) is 15.6. The second kappa shape index (κ2) is 8.31. The maximum Gasteiger partial charge on any atom is 0.0366 e. The fourth-order valence-corrected chi connectivity index (χ4v) is 2.72. The van der Waals surface area contributed by atoms with Crippen LogP contribution in [0.4, 0.5) is 5.69 Å². The Morgan fingerprint density at radius 3 is 2.05 bits per heavy atom. The molecule has 0 aliphatic heterocycles. The fraction of sp³-hybridized carbons (Fsp3) is 0.667. The van der Waals surface area contributed by atoms with Gasteiger partial charge in [0.25, 0.3) is 0 Å². The van der Waals surface area contributed by atoms with Crippen LogP contribution >= 0.6 is 0 Å². The Bertz CT molecular complexity index is 366. The maximum absolute atomic E-state index is 3.55. The van der Waals surface area contributed by atoms with Crippen LogP contribution in [0.1, 0.15) is 46.1 Å². The molecule has 0 unspecified atom stereocenters. The Hall–Kier alpha value is -1.02. The van der Waals surface area contributed by atoms with Gasteiger partial charge in [-0.3, -0.25) is 0 Å². The van der Waals surface area contributed by atoms with Gasteiger partial charge in [-0.1, -0.05) is 38.5 Å². The smallest absolute Gasteiger partial charge is 0.0366 e. The predicted molar refractivity (Wildman–Crippen MR) is 90.6 cm³/mol. The topological polar surface area (TPSA) is 15.3 Å². The summed E-state index contributed by atoms with van der Waals surface area (Å²) >= 11 is 0. The minimum Gasteiger partial charge on any atom is -0.371 e. The Balaban J connectivity index is 2.85. The van der Waals surface area contributed by atoms with E-state index in [1.165, 1.54) is 24.1 Å². The summed E-state index contributed by atoms with van der Waals surface area (Å²) in [5.41, 5.74) is 3.05. The van der Waals surface area contributed by atoms with Crippen molar-refractivity contribution < 1.29 is 0 Å².